The maximum Gasteiger partial charge on any atom is 0.0892 e. The van der Waals surface area contributed by atoms with Gasteiger partial charge in [0, 0.05) is 38.5 Å². The summed E-state index contributed by atoms with van der Waals surface area (Å²) >= 11 is 0. The van der Waals surface area contributed by atoms with E-state index in [0.29, 0.717) is 18.8 Å². The number of hydrogen-bond donors (Lipinski definition) is 0. The molecule has 2 fully saturated rings. The fraction of sp³-hybridized carbons (Fsp3) is 0.688. The van der Waals surface area contributed by atoms with Crippen molar-refractivity contribution in [3.63, 3.8) is 0 Å². The van der Waals surface area contributed by atoms with Crippen molar-refractivity contribution < 1.29 is 9.47 Å². The smallest absolute Gasteiger partial charge is 0.0892 e. The minimum atomic E-state index is 0.362. The highest BCUT2D eigenvalue weighted by Crippen LogP contribution is 2.22. The maximum atomic E-state index is 6.01. The molecule has 0 bridgehead atoms. The molecule has 2 saturated heterocycles. The third kappa shape index (κ3) is 3.78. The van der Waals surface area contributed by atoms with E-state index in [4.69, 9.17) is 9.47 Å². The van der Waals surface area contributed by atoms with Gasteiger partial charge in [-0.3, -0.25) is 9.88 Å². The second kappa shape index (κ2) is 7.16. The van der Waals surface area contributed by atoms with E-state index in [9.17, 15) is 0 Å². The van der Waals surface area contributed by atoms with Crippen molar-refractivity contribution in [2.75, 3.05) is 26.3 Å². The first-order valence-electron chi connectivity index (χ1n) is 7.75. The van der Waals surface area contributed by atoms with Crippen LogP contribution in [0.15, 0.2) is 24.4 Å². The van der Waals surface area contributed by atoms with Crippen molar-refractivity contribution in [2.45, 2.75) is 44.4 Å². The average molecular weight is 276 g/mol. The summed E-state index contributed by atoms with van der Waals surface area (Å²) in [6, 6.07) is 6.67. The predicted molar refractivity (Wildman–Crippen MR) is 77.5 cm³/mol. The number of likely N-dealkylation sites (tertiary alicyclic amines) is 1. The number of aromatic nitrogens is 1. The molecule has 2 atom stereocenters. The Morgan fingerprint density at radius 1 is 1.25 bits per heavy atom. The maximum absolute atomic E-state index is 6.01. The molecule has 2 aliphatic rings. The van der Waals surface area contributed by atoms with E-state index < -0.39 is 0 Å². The van der Waals surface area contributed by atoms with Crippen LogP contribution in [0.3, 0.4) is 0 Å². The summed E-state index contributed by atoms with van der Waals surface area (Å²) in [5.74, 6) is 0. The number of rotatable bonds is 4. The van der Waals surface area contributed by atoms with Crippen LogP contribution in [0.4, 0.5) is 0 Å². The molecule has 3 rings (SSSR count). The average Bonchev–Trinajstić information content (AvgIpc) is 2.80. The van der Waals surface area contributed by atoms with Gasteiger partial charge in [0.05, 0.1) is 18.4 Å². The third-order valence-corrected chi connectivity index (χ3v) is 4.31. The molecule has 0 radical (unpaired) electrons. The van der Waals surface area contributed by atoms with E-state index >= 15 is 0 Å². The van der Waals surface area contributed by atoms with Crippen LogP contribution in [0.2, 0.25) is 0 Å². The monoisotopic (exact) mass is 276 g/mol. The van der Waals surface area contributed by atoms with E-state index in [1.807, 2.05) is 24.4 Å². The number of pyridine rings is 1. The Balaban J connectivity index is 1.44. The first-order valence-corrected chi connectivity index (χ1v) is 7.75. The van der Waals surface area contributed by atoms with Crippen LogP contribution in [-0.4, -0.2) is 48.3 Å². The van der Waals surface area contributed by atoms with E-state index in [0.717, 1.165) is 38.4 Å². The zero-order valence-corrected chi connectivity index (χ0v) is 12.0. The van der Waals surface area contributed by atoms with Gasteiger partial charge in [0.2, 0.25) is 0 Å². The van der Waals surface area contributed by atoms with Gasteiger partial charge in [0.25, 0.3) is 0 Å². The van der Waals surface area contributed by atoms with E-state index in [-0.39, 0.29) is 0 Å². The van der Waals surface area contributed by atoms with Gasteiger partial charge in [-0.1, -0.05) is 6.07 Å². The Morgan fingerprint density at radius 3 is 3.15 bits per heavy atom. The number of nitrogens with zero attached hydrogens (tertiary/aromatic N) is 2. The predicted octanol–water partition coefficient (Wildman–Crippen LogP) is 2.24. The SMILES string of the molecule is c1ccc(COC2CCN(C3CCCOCC3)C2)nc1. The van der Waals surface area contributed by atoms with Crippen LogP contribution >= 0.6 is 0 Å². The Bertz CT molecular complexity index is 391. The fourth-order valence-electron chi connectivity index (χ4n) is 3.16. The van der Waals surface area contributed by atoms with Gasteiger partial charge < -0.3 is 9.47 Å². The largest absolute Gasteiger partial charge is 0.381 e. The standard InChI is InChI=1S/C16H24N2O2/c1-2-8-17-14(4-1)13-20-16-6-9-18(12-16)15-5-3-10-19-11-7-15/h1-2,4,8,15-16H,3,5-7,9-13H2. The lowest BCUT2D eigenvalue weighted by Crippen LogP contribution is -2.34. The highest BCUT2D eigenvalue weighted by molar-refractivity contribution is 5.02. The molecule has 4 heteroatoms. The highest BCUT2D eigenvalue weighted by Gasteiger charge is 2.29. The lowest BCUT2D eigenvalue weighted by Gasteiger charge is -2.26. The van der Waals surface area contributed by atoms with Crippen LogP contribution in [0, 0.1) is 0 Å². The molecule has 0 amide bonds. The minimum absolute atomic E-state index is 0.362. The highest BCUT2D eigenvalue weighted by atomic mass is 16.5. The normalized spacial score (nSPS) is 28.4. The Hall–Kier alpha value is -0.970. The van der Waals surface area contributed by atoms with Crippen molar-refractivity contribution in [3.05, 3.63) is 30.1 Å². The van der Waals surface area contributed by atoms with Crippen molar-refractivity contribution in [1.29, 1.82) is 0 Å². The topological polar surface area (TPSA) is 34.6 Å². The lowest BCUT2D eigenvalue weighted by molar-refractivity contribution is 0.0401. The van der Waals surface area contributed by atoms with Gasteiger partial charge in [0.1, 0.15) is 0 Å². The fourth-order valence-corrected chi connectivity index (χ4v) is 3.16. The van der Waals surface area contributed by atoms with Gasteiger partial charge in [-0.2, -0.15) is 0 Å². The summed E-state index contributed by atoms with van der Waals surface area (Å²) in [6.45, 7) is 4.72. The van der Waals surface area contributed by atoms with Crippen molar-refractivity contribution in [1.82, 2.24) is 9.88 Å². The van der Waals surface area contributed by atoms with Gasteiger partial charge >= 0.3 is 0 Å². The summed E-state index contributed by atoms with van der Waals surface area (Å²) in [7, 11) is 0. The van der Waals surface area contributed by atoms with E-state index in [1.165, 1.54) is 19.3 Å². The first-order chi connectivity index (χ1) is 9.92. The molecule has 1 aromatic rings. The third-order valence-electron chi connectivity index (χ3n) is 4.31. The molecular weight excluding hydrogens is 252 g/mol. The zero-order chi connectivity index (χ0) is 13.6. The summed E-state index contributed by atoms with van der Waals surface area (Å²) < 4.78 is 11.6. The van der Waals surface area contributed by atoms with Gasteiger partial charge in [-0.05, 0) is 37.8 Å². The summed E-state index contributed by atoms with van der Waals surface area (Å²) in [6.07, 6.45) is 6.97. The van der Waals surface area contributed by atoms with Crippen LogP contribution in [0.1, 0.15) is 31.4 Å². The number of ether oxygens (including phenoxy) is 2. The minimum Gasteiger partial charge on any atom is -0.381 e. The molecule has 4 nitrogen and oxygen atoms in total. The van der Waals surface area contributed by atoms with Gasteiger partial charge in [-0.15, -0.1) is 0 Å². The number of hydrogen-bond acceptors (Lipinski definition) is 4. The lowest BCUT2D eigenvalue weighted by atomic mass is 10.1. The molecule has 0 spiro atoms. The van der Waals surface area contributed by atoms with E-state index in [1.54, 1.807) is 0 Å². The van der Waals surface area contributed by atoms with Gasteiger partial charge in [0.15, 0.2) is 0 Å². The quantitative estimate of drug-likeness (QED) is 0.845. The molecule has 0 N–H and O–H groups in total. The molecule has 0 saturated carbocycles. The Morgan fingerprint density at radius 2 is 2.25 bits per heavy atom. The molecular formula is C16H24N2O2. The summed E-state index contributed by atoms with van der Waals surface area (Å²) in [4.78, 5) is 6.90. The Labute approximate surface area is 121 Å². The van der Waals surface area contributed by atoms with Crippen LogP contribution in [0.5, 0.6) is 0 Å². The van der Waals surface area contributed by atoms with Crippen molar-refractivity contribution in [2.24, 2.45) is 0 Å². The first kappa shape index (κ1) is 14.0. The molecule has 1 aromatic heterocycles. The zero-order valence-electron chi connectivity index (χ0n) is 12.0. The molecule has 2 unspecified atom stereocenters. The second-order valence-electron chi connectivity index (χ2n) is 5.73. The molecule has 0 aromatic carbocycles. The summed E-state index contributed by atoms with van der Waals surface area (Å²) in [5, 5.41) is 0. The molecule has 2 aliphatic heterocycles. The summed E-state index contributed by atoms with van der Waals surface area (Å²) in [5.41, 5.74) is 1.02. The van der Waals surface area contributed by atoms with Crippen molar-refractivity contribution >= 4 is 0 Å². The molecule has 0 aliphatic carbocycles. The molecule has 3 heterocycles. The van der Waals surface area contributed by atoms with Crippen molar-refractivity contribution in [3.8, 4) is 0 Å². The Kier molecular flexibility index (Phi) is 5.01. The second-order valence-corrected chi connectivity index (χ2v) is 5.73. The van der Waals surface area contributed by atoms with E-state index in [2.05, 4.69) is 9.88 Å². The van der Waals surface area contributed by atoms with Crippen LogP contribution in [0.25, 0.3) is 0 Å². The molecule has 20 heavy (non-hydrogen) atoms. The van der Waals surface area contributed by atoms with Crippen LogP contribution in [-0.2, 0) is 16.1 Å². The van der Waals surface area contributed by atoms with Gasteiger partial charge in [-0.25, -0.2) is 0 Å². The van der Waals surface area contributed by atoms with Crippen LogP contribution < -0.4 is 0 Å². The molecule has 110 valence electrons.